The molecule has 2 heterocycles. The van der Waals surface area contributed by atoms with Crippen molar-refractivity contribution in [2.45, 2.75) is 25.4 Å². The van der Waals surface area contributed by atoms with Crippen LogP contribution in [0.2, 0.25) is 0 Å². The molecule has 1 fully saturated rings. The molecule has 1 unspecified atom stereocenters. The van der Waals surface area contributed by atoms with Gasteiger partial charge in [0.25, 0.3) is 0 Å². The van der Waals surface area contributed by atoms with Crippen LogP contribution in [0.25, 0.3) is 0 Å². The molecule has 0 aliphatic carbocycles. The molecule has 27 heavy (non-hydrogen) atoms. The zero-order chi connectivity index (χ0) is 19.0. The summed E-state index contributed by atoms with van der Waals surface area (Å²) in [5, 5.41) is 12.4. The predicted molar refractivity (Wildman–Crippen MR) is 97.9 cm³/mol. The molecule has 7 heteroatoms. The van der Waals surface area contributed by atoms with Crippen molar-refractivity contribution in [1.29, 1.82) is 0 Å². The van der Waals surface area contributed by atoms with Gasteiger partial charge in [-0.2, -0.15) is 0 Å². The second-order valence-electron chi connectivity index (χ2n) is 6.86. The molecule has 2 aromatic carbocycles. The maximum atomic E-state index is 14.0. The molecule has 2 N–H and O–H groups in total. The van der Waals surface area contributed by atoms with E-state index in [4.69, 9.17) is 0 Å². The summed E-state index contributed by atoms with van der Waals surface area (Å²) in [5.74, 6) is -0.587. The Hall–Kier alpha value is -3.09. The number of para-hydroxylation sites is 1. The minimum atomic E-state index is -0.664. The first-order valence-corrected chi connectivity index (χ1v) is 8.95. The lowest BCUT2D eigenvalue weighted by Crippen LogP contribution is -2.49. The molecule has 4 rings (SSSR count). The first kappa shape index (κ1) is 17.3. The number of carbonyl (C=O) groups excluding carboxylic acids is 2. The fraction of sp³-hybridized carbons (Fsp3) is 0.300. The normalized spacial score (nSPS) is 19.1. The van der Waals surface area contributed by atoms with Crippen LogP contribution in [0, 0.1) is 5.82 Å². The number of fused-ring (bicyclic) bond motifs is 1. The standard InChI is InChI=1S/C20H20FN3O3/c21-16-3-1-2-4-18(16)24-10-8-17(19(24)26)22-20(27)23-9-7-13-5-6-15(25)11-14(13)12-23/h1-6,11,17,25H,7-10,12H2,(H,22,27). The number of aromatic hydroxyl groups is 1. The van der Waals surface area contributed by atoms with Gasteiger partial charge in [-0.15, -0.1) is 0 Å². The third-order valence-corrected chi connectivity index (χ3v) is 5.14. The van der Waals surface area contributed by atoms with Gasteiger partial charge in [-0.3, -0.25) is 4.79 Å². The predicted octanol–water partition coefficient (Wildman–Crippen LogP) is 2.40. The van der Waals surface area contributed by atoms with Crippen molar-refractivity contribution in [2.24, 2.45) is 0 Å². The Morgan fingerprint density at radius 1 is 1.15 bits per heavy atom. The van der Waals surface area contributed by atoms with Gasteiger partial charge in [0.2, 0.25) is 5.91 Å². The van der Waals surface area contributed by atoms with E-state index in [1.165, 1.54) is 11.0 Å². The Morgan fingerprint density at radius 2 is 1.96 bits per heavy atom. The molecule has 6 nitrogen and oxygen atoms in total. The molecule has 0 bridgehead atoms. The van der Waals surface area contributed by atoms with Crippen LogP contribution < -0.4 is 10.2 Å². The number of phenols is 1. The van der Waals surface area contributed by atoms with E-state index in [0.717, 1.165) is 11.1 Å². The average Bonchev–Trinajstić information content (AvgIpc) is 3.02. The quantitative estimate of drug-likeness (QED) is 0.854. The zero-order valence-corrected chi connectivity index (χ0v) is 14.7. The van der Waals surface area contributed by atoms with E-state index < -0.39 is 11.9 Å². The van der Waals surface area contributed by atoms with E-state index in [-0.39, 0.29) is 23.4 Å². The van der Waals surface area contributed by atoms with Crippen molar-refractivity contribution < 1.29 is 19.1 Å². The third kappa shape index (κ3) is 3.32. The lowest BCUT2D eigenvalue weighted by Gasteiger charge is -2.30. The van der Waals surface area contributed by atoms with Crippen molar-refractivity contribution in [1.82, 2.24) is 10.2 Å². The Labute approximate surface area is 156 Å². The number of amides is 3. The second-order valence-corrected chi connectivity index (χ2v) is 6.86. The van der Waals surface area contributed by atoms with Gasteiger partial charge in [-0.1, -0.05) is 18.2 Å². The van der Waals surface area contributed by atoms with E-state index >= 15 is 0 Å². The summed E-state index contributed by atoms with van der Waals surface area (Å²) >= 11 is 0. The summed E-state index contributed by atoms with van der Waals surface area (Å²) in [6, 6.07) is 10.3. The van der Waals surface area contributed by atoms with Crippen LogP contribution in [0.3, 0.4) is 0 Å². The van der Waals surface area contributed by atoms with Crippen LogP contribution in [-0.2, 0) is 17.8 Å². The minimum absolute atomic E-state index is 0.169. The zero-order valence-electron chi connectivity index (χ0n) is 14.7. The number of hydrogen-bond acceptors (Lipinski definition) is 3. The van der Waals surface area contributed by atoms with Crippen molar-refractivity contribution in [3.63, 3.8) is 0 Å². The molecular formula is C20H20FN3O3. The molecule has 2 aliphatic rings. The number of phenolic OH excluding ortho intramolecular Hbond substituents is 1. The van der Waals surface area contributed by atoms with Gasteiger partial charge in [0.1, 0.15) is 17.6 Å². The number of halogens is 1. The smallest absolute Gasteiger partial charge is 0.318 e. The summed E-state index contributed by atoms with van der Waals surface area (Å²) in [4.78, 5) is 28.2. The van der Waals surface area contributed by atoms with E-state index in [1.54, 1.807) is 35.2 Å². The number of nitrogens with zero attached hydrogens (tertiary/aromatic N) is 2. The highest BCUT2D eigenvalue weighted by molar-refractivity contribution is 6.01. The summed E-state index contributed by atoms with van der Waals surface area (Å²) in [5.41, 5.74) is 2.25. The first-order valence-electron chi connectivity index (χ1n) is 8.95. The molecule has 140 valence electrons. The molecule has 0 saturated carbocycles. The van der Waals surface area contributed by atoms with Gasteiger partial charge in [-0.05, 0) is 48.2 Å². The Balaban J connectivity index is 1.42. The van der Waals surface area contributed by atoms with Gasteiger partial charge in [0.05, 0.1) is 5.69 Å². The number of nitrogens with one attached hydrogen (secondary N) is 1. The summed E-state index contributed by atoms with van der Waals surface area (Å²) < 4.78 is 14.0. The highest BCUT2D eigenvalue weighted by Gasteiger charge is 2.35. The largest absolute Gasteiger partial charge is 0.508 e. The highest BCUT2D eigenvalue weighted by Crippen LogP contribution is 2.26. The number of carbonyl (C=O) groups is 2. The molecule has 1 saturated heterocycles. The molecule has 2 aromatic rings. The Morgan fingerprint density at radius 3 is 2.78 bits per heavy atom. The van der Waals surface area contributed by atoms with E-state index in [1.807, 2.05) is 6.07 Å². The van der Waals surface area contributed by atoms with Gasteiger partial charge >= 0.3 is 6.03 Å². The highest BCUT2D eigenvalue weighted by atomic mass is 19.1. The number of benzene rings is 2. The van der Waals surface area contributed by atoms with Crippen LogP contribution in [0.4, 0.5) is 14.9 Å². The van der Waals surface area contributed by atoms with Crippen molar-refractivity contribution in [2.75, 3.05) is 18.0 Å². The van der Waals surface area contributed by atoms with Gasteiger partial charge in [0, 0.05) is 19.6 Å². The molecule has 0 aromatic heterocycles. The lowest BCUT2D eigenvalue weighted by molar-refractivity contribution is -0.118. The van der Waals surface area contributed by atoms with Crippen molar-refractivity contribution >= 4 is 17.6 Å². The van der Waals surface area contributed by atoms with Gasteiger partial charge < -0.3 is 20.2 Å². The first-order chi connectivity index (χ1) is 13.0. The van der Waals surface area contributed by atoms with Crippen LogP contribution in [-0.4, -0.2) is 41.1 Å². The monoisotopic (exact) mass is 369 g/mol. The summed E-state index contributed by atoms with van der Waals surface area (Å²) in [6.45, 7) is 1.29. The fourth-order valence-electron chi connectivity index (χ4n) is 3.68. The number of urea groups is 1. The Kier molecular flexibility index (Phi) is 4.43. The molecular weight excluding hydrogens is 349 g/mol. The van der Waals surface area contributed by atoms with Gasteiger partial charge in [-0.25, -0.2) is 9.18 Å². The minimum Gasteiger partial charge on any atom is -0.508 e. The summed E-state index contributed by atoms with van der Waals surface area (Å²) in [7, 11) is 0. The van der Waals surface area contributed by atoms with Crippen LogP contribution in [0.15, 0.2) is 42.5 Å². The lowest BCUT2D eigenvalue weighted by atomic mass is 10.00. The molecule has 0 radical (unpaired) electrons. The van der Waals surface area contributed by atoms with E-state index in [9.17, 15) is 19.1 Å². The van der Waals surface area contributed by atoms with Crippen LogP contribution >= 0.6 is 0 Å². The second kappa shape index (κ2) is 6.90. The number of anilines is 1. The molecule has 0 spiro atoms. The van der Waals surface area contributed by atoms with E-state index in [2.05, 4.69) is 5.32 Å². The molecule has 1 atom stereocenters. The number of rotatable bonds is 2. The molecule has 2 aliphatic heterocycles. The topological polar surface area (TPSA) is 72.9 Å². The molecule has 3 amide bonds. The maximum absolute atomic E-state index is 14.0. The third-order valence-electron chi connectivity index (χ3n) is 5.14. The van der Waals surface area contributed by atoms with Crippen LogP contribution in [0.5, 0.6) is 5.75 Å². The summed E-state index contributed by atoms with van der Waals surface area (Å²) in [6.07, 6.45) is 1.13. The Bertz CT molecular complexity index is 902. The van der Waals surface area contributed by atoms with Crippen molar-refractivity contribution in [3.05, 3.63) is 59.4 Å². The maximum Gasteiger partial charge on any atom is 0.318 e. The SMILES string of the molecule is O=C(NC1CCN(c2ccccc2F)C1=O)N1CCc2ccc(O)cc2C1. The number of hydrogen-bond donors (Lipinski definition) is 2. The van der Waals surface area contributed by atoms with E-state index in [0.29, 0.717) is 32.5 Å². The average molecular weight is 369 g/mol. The van der Waals surface area contributed by atoms with Gasteiger partial charge in [0.15, 0.2) is 0 Å². The van der Waals surface area contributed by atoms with Crippen LogP contribution in [0.1, 0.15) is 17.5 Å². The van der Waals surface area contributed by atoms with Crippen molar-refractivity contribution in [3.8, 4) is 5.75 Å². The fourth-order valence-corrected chi connectivity index (χ4v) is 3.68.